The molecule has 0 unspecified atom stereocenters. The van der Waals surface area contributed by atoms with E-state index >= 15 is 0 Å². The third-order valence-electron chi connectivity index (χ3n) is 5.56. The van der Waals surface area contributed by atoms with Gasteiger partial charge in [0.15, 0.2) is 5.69 Å². The molecule has 1 aromatic carbocycles. The van der Waals surface area contributed by atoms with Crippen LogP contribution in [-0.2, 0) is 7.05 Å². The Morgan fingerprint density at radius 3 is 2.68 bits per heavy atom. The number of hydrogen-bond donors (Lipinski definition) is 0. The minimum Gasteiger partial charge on any atom is -0.368 e. The van der Waals surface area contributed by atoms with Crippen LogP contribution in [0.25, 0.3) is 10.9 Å². The van der Waals surface area contributed by atoms with Gasteiger partial charge >= 0.3 is 0 Å². The number of carbonyl (C=O) groups is 1. The van der Waals surface area contributed by atoms with Crippen molar-refractivity contribution in [1.82, 2.24) is 19.6 Å². The van der Waals surface area contributed by atoms with Crippen LogP contribution in [0.1, 0.15) is 35.0 Å². The molecule has 5 rings (SSSR count). The first kappa shape index (κ1) is 17.0. The van der Waals surface area contributed by atoms with E-state index in [1.54, 1.807) is 19.4 Å². The van der Waals surface area contributed by atoms with Crippen molar-refractivity contribution in [1.29, 1.82) is 0 Å². The zero-order chi connectivity index (χ0) is 19.3. The topological polar surface area (TPSA) is 84.5 Å². The van der Waals surface area contributed by atoms with Gasteiger partial charge in [-0.3, -0.25) is 9.59 Å². The van der Waals surface area contributed by atoms with Crippen molar-refractivity contribution in [2.75, 3.05) is 31.1 Å². The summed E-state index contributed by atoms with van der Waals surface area (Å²) in [4.78, 5) is 33.2. The Morgan fingerprint density at radius 2 is 1.93 bits per heavy atom. The van der Waals surface area contributed by atoms with Crippen LogP contribution in [0.5, 0.6) is 0 Å². The van der Waals surface area contributed by atoms with Crippen LogP contribution in [0.3, 0.4) is 0 Å². The molecule has 2 fully saturated rings. The molecule has 0 radical (unpaired) electrons. The molecule has 1 saturated carbocycles. The summed E-state index contributed by atoms with van der Waals surface area (Å²) in [7, 11) is 1.70. The standard InChI is InChI=1S/C20H21N5O3/c1-23-12-21-16-10-14(4-5-15(16)19(23)26)24-6-8-25(9-7-24)20(27)17-11-18(28-22-17)13-2-3-13/h4-5,10-13H,2-3,6-9H2,1H3. The fraction of sp³-hybridized carbons (Fsp3) is 0.400. The van der Waals surface area contributed by atoms with E-state index in [1.807, 2.05) is 23.1 Å². The molecule has 28 heavy (non-hydrogen) atoms. The van der Waals surface area contributed by atoms with Gasteiger partial charge in [-0.2, -0.15) is 0 Å². The van der Waals surface area contributed by atoms with Crippen LogP contribution in [0.2, 0.25) is 0 Å². The first-order chi connectivity index (χ1) is 13.6. The fourth-order valence-electron chi connectivity index (χ4n) is 3.68. The SMILES string of the molecule is Cn1cnc2cc(N3CCN(C(=O)c4cc(C5CC5)on4)CC3)ccc2c1=O. The van der Waals surface area contributed by atoms with Gasteiger partial charge in [-0.1, -0.05) is 5.16 Å². The highest BCUT2D eigenvalue weighted by molar-refractivity contribution is 5.92. The summed E-state index contributed by atoms with van der Waals surface area (Å²) < 4.78 is 6.78. The summed E-state index contributed by atoms with van der Waals surface area (Å²) in [6.45, 7) is 2.67. The lowest BCUT2D eigenvalue weighted by molar-refractivity contribution is 0.0736. The zero-order valence-electron chi connectivity index (χ0n) is 15.7. The molecule has 144 valence electrons. The average molecular weight is 379 g/mol. The maximum Gasteiger partial charge on any atom is 0.276 e. The maximum absolute atomic E-state index is 12.7. The number of aryl methyl sites for hydroxylation is 1. The molecule has 0 spiro atoms. The molecule has 8 nitrogen and oxygen atoms in total. The van der Waals surface area contributed by atoms with Gasteiger partial charge in [-0.25, -0.2) is 4.98 Å². The molecular weight excluding hydrogens is 358 g/mol. The molecule has 2 aliphatic rings. The number of hydrogen-bond acceptors (Lipinski definition) is 6. The highest BCUT2D eigenvalue weighted by Crippen LogP contribution is 2.40. The Kier molecular flexibility index (Phi) is 3.92. The normalized spacial score (nSPS) is 17.3. The fourth-order valence-corrected chi connectivity index (χ4v) is 3.68. The van der Waals surface area contributed by atoms with Gasteiger partial charge in [0.25, 0.3) is 11.5 Å². The molecule has 3 heterocycles. The third-order valence-corrected chi connectivity index (χ3v) is 5.56. The minimum absolute atomic E-state index is 0.0508. The number of piperazine rings is 1. The molecule has 2 aromatic heterocycles. The average Bonchev–Trinajstić information content (AvgIpc) is 3.47. The van der Waals surface area contributed by atoms with E-state index in [4.69, 9.17) is 4.52 Å². The number of fused-ring (bicyclic) bond motifs is 1. The lowest BCUT2D eigenvalue weighted by atomic mass is 10.2. The van der Waals surface area contributed by atoms with Crippen LogP contribution in [-0.4, -0.2) is 51.7 Å². The lowest BCUT2D eigenvalue weighted by Crippen LogP contribution is -2.48. The van der Waals surface area contributed by atoms with Crippen molar-refractivity contribution in [3.63, 3.8) is 0 Å². The van der Waals surface area contributed by atoms with Gasteiger partial charge in [-0.15, -0.1) is 0 Å². The molecule has 3 aromatic rings. The van der Waals surface area contributed by atoms with Crippen LogP contribution in [0, 0.1) is 0 Å². The van der Waals surface area contributed by atoms with Gasteiger partial charge in [0, 0.05) is 50.9 Å². The van der Waals surface area contributed by atoms with E-state index in [9.17, 15) is 9.59 Å². The van der Waals surface area contributed by atoms with E-state index in [0.29, 0.717) is 35.6 Å². The lowest BCUT2D eigenvalue weighted by Gasteiger charge is -2.35. The van der Waals surface area contributed by atoms with Gasteiger partial charge < -0.3 is 18.9 Å². The second-order valence-electron chi connectivity index (χ2n) is 7.53. The number of amides is 1. The predicted molar refractivity (Wildman–Crippen MR) is 104 cm³/mol. The predicted octanol–water partition coefficient (Wildman–Crippen LogP) is 1.76. The summed E-state index contributed by atoms with van der Waals surface area (Å²) >= 11 is 0. The van der Waals surface area contributed by atoms with E-state index in [2.05, 4.69) is 15.0 Å². The molecule has 1 aliphatic heterocycles. The number of nitrogens with zero attached hydrogens (tertiary/aromatic N) is 5. The van der Waals surface area contributed by atoms with Gasteiger partial charge in [-0.05, 0) is 31.0 Å². The number of anilines is 1. The van der Waals surface area contributed by atoms with Crippen LogP contribution < -0.4 is 10.5 Å². The summed E-state index contributed by atoms with van der Waals surface area (Å²) in [6, 6.07) is 7.50. The van der Waals surface area contributed by atoms with E-state index in [1.165, 1.54) is 4.57 Å². The van der Waals surface area contributed by atoms with Crippen LogP contribution in [0.4, 0.5) is 5.69 Å². The van der Waals surface area contributed by atoms with Gasteiger partial charge in [0.1, 0.15) is 5.76 Å². The van der Waals surface area contributed by atoms with E-state index in [0.717, 1.165) is 37.4 Å². The molecule has 1 aliphatic carbocycles. The van der Waals surface area contributed by atoms with Crippen molar-refractivity contribution in [2.24, 2.45) is 7.05 Å². The molecule has 0 bridgehead atoms. The van der Waals surface area contributed by atoms with Gasteiger partial charge in [0.2, 0.25) is 0 Å². The van der Waals surface area contributed by atoms with E-state index < -0.39 is 0 Å². The molecule has 0 N–H and O–H groups in total. The monoisotopic (exact) mass is 379 g/mol. The first-order valence-corrected chi connectivity index (χ1v) is 9.56. The summed E-state index contributed by atoms with van der Waals surface area (Å²) in [5.41, 5.74) is 2.05. The van der Waals surface area contributed by atoms with Crippen molar-refractivity contribution in [3.05, 3.63) is 52.4 Å². The zero-order valence-corrected chi connectivity index (χ0v) is 15.7. The summed E-state index contributed by atoms with van der Waals surface area (Å²) in [6.07, 6.45) is 3.78. The molecule has 0 atom stereocenters. The molecular formula is C20H21N5O3. The highest BCUT2D eigenvalue weighted by Gasteiger charge is 2.30. The van der Waals surface area contributed by atoms with Crippen molar-refractivity contribution < 1.29 is 9.32 Å². The molecule has 1 amide bonds. The molecule has 8 heteroatoms. The smallest absolute Gasteiger partial charge is 0.276 e. The Balaban J connectivity index is 1.28. The Bertz CT molecular complexity index is 1110. The van der Waals surface area contributed by atoms with Crippen LogP contribution >= 0.6 is 0 Å². The number of aromatic nitrogens is 3. The first-order valence-electron chi connectivity index (χ1n) is 9.56. The van der Waals surface area contributed by atoms with Crippen molar-refractivity contribution >= 4 is 22.5 Å². The van der Waals surface area contributed by atoms with Crippen LogP contribution in [0.15, 0.2) is 39.9 Å². The largest absolute Gasteiger partial charge is 0.368 e. The van der Waals surface area contributed by atoms with Crippen molar-refractivity contribution in [3.8, 4) is 0 Å². The summed E-state index contributed by atoms with van der Waals surface area (Å²) in [5.74, 6) is 1.21. The second-order valence-corrected chi connectivity index (χ2v) is 7.53. The highest BCUT2D eigenvalue weighted by atomic mass is 16.5. The maximum atomic E-state index is 12.7. The number of carbonyl (C=O) groups excluding carboxylic acids is 1. The summed E-state index contributed by atoms with van der Waals surface area (Å²) in [5, 5.41) is 4.57. The van der Waals surface area contributed by atoms with Gasteiger partial charge in [0.05, 0.1) is 17.2 Å². The van der Waals surface area contributed by atoms with Crippen molar-refractivity contribution in [2.45, 2.75) is 18.8 Å². The molecule has 1 saturated heterocycles. The second kappa shape index (κ2) is 6.47. The Hall–Kier alpha value is -3.16. The Morgan fingerprint density at radius 1 is 1.14 bits per heavy atom. The third kappa shape index (κ3) is 2.94. The quantitative estimate of drug-likeness (QED) is 0.689. The van der Waals surface area contributed by atoms with E-state index in [-0.39, 0.29) is 11.5 Å². The number of benzene rings is 1. The number of rotatable bonds is 3. The minimum atomic E-state index is -0.0704. The Labute approximate surface area is 161 Å².